The van der Waals surface area contributed by atoms with Gasteiger partial charge < -0.3 is 0 Å². The van der Waals surface area contributed by atoms with E-state index >= 15 is 0 Å². The molecule has 0 spiro atoms. The van der Waals surface area contributed by atoms with E-state index in [1.807, 2.05) is 13.0 Å². The Balaban J connectivity index is 2.66. The summed E-state index contributed by atoms with van der Waals surface area (Å²) in [5.41, 5.74) is 2.78. The Hall–Kier alpha value is -1.61. The number of benzene rings is 1. The predicted molar refractivity (Wildman–Crippen MR) is 62.2 cm³/mol. The van der Waals surface area contributed by atoms with E-state index in [9.17, 15) is 4.79 Å². The minimum absolute atomic E-state index is 0.318. The number of hydrogen-bond donors (Lipinski definition) is 1. The first-order valence-electron chi connectivity index (χ1n) is 4.45. The summed E-state index contributed by atoms with van der Waals surface area (Å²) < 4.78 is 0. The molecule has 0 heterocycles. The van der Waals surface area contributed by atoms with Gasteiger partial charge in [0.1, 0.15) is 0 Å². The van der Waals surface area contributed by atoms with Crippen molar-refractivity contribution in [1.82, 2.24) is 5.43 Å². The first-order valence-corrected chi connectivity index (χ1v) is 4.82. The van der Waals surface area contributed by atoms with Crippen LogP contribution in [0.5, 0.6) is 0 Å². The number of allylic oxidation sites excluding steroid dienone is 2. The van der Waals surface area contributed by atoms with Crippen molar-refractivity contribution < 1.29 is 4.79 Å². The molecule has 1 N–H and O–H groups in total. The second kappa shape index (κ2) is 5.98. The summed E-state index contributed by atoms with van der Waals surface area (Å²) >= 11 is 5.83. The molecule has 0 fully saturated rings. The Morgan fingerprint density at radius 2 is 2.20 bits per heavy atom. The topological polar surface area (TPSA) is 41.5 Å². The minimum Gasteiger partial charge on any atom is -0.267 e. The van der Waals surface area contributed by atoms with Crippen LogP contribution >= 0.6 is 11.6 Å². The molecule has 1 aromatic rings. The number of rotatable bonds is 3. The third-order valence-electron chi connectivity index (χ3n) is 1.64. The van der Waals surface area contributed by atoms with Crippen molar-refractivity contribution in [2.24, 2.45) is 5.10 Å². The third-order valence-corrected chi connectivity index (χ3v) is 1.97. The summed E-state index contributed by atoms with van der Waals surface area (Å²) in [6.45, 7) is 1.86. The van der Waals surface area contributed by atoms with E-state index in [-0.39, 0.29) is 5.91 Å². The molecule has 78 valence electrons. The Morgan fingerprint density at radius 1 is 1.47 bits per heavy atom. The second-order valence-corrected chi connectivity index (χ2v) is 3.13. The van der Waals surface area contributed by atoms with Crippen LogP contribution in [0.1, 0.15) is 17.3 Å². The molecule has 15 heavy (non-hydrogen) atoms. The quantitative estimate of drug-likeness (QED) is 0.620. The van der Waals surface area contributed by atoms with Crippen LogP contribution in [0.25, 0.3) is 0 Å². The van der Waals surface area contributed by atoms with E-state index in [2.05, 4.69) is 10.5 Å². The van der Waals surface area contributed by atoms with Crippen LogP contribution in [0.2, 0.25) is 5.02 Å². The Kier molecular flexibility index (Phi) is 4.57. The number of hydrazone groups is 1. The van der Waals surface area contributed by atoms with Gasteiger partial charge in [-0.25, -0.2) is 5.43 Å². The number of halogens is 1. The van der Waals surface area contributed by atoms with Gasteiger partial charge in [0.05, 0.1) is 10.6 Å². The lowest BCUT2D eigenvalue weighted by Gasteiger charge is -2.00. The fraction of sp³-hybridized carbons (Fsp3) is 0.0909. The van der Waals surface area contributed by atoms with Crippen molar-refractivity contribution in [3.63, 3.8) is 0 Å². The van der Waals surface area contributed by atoms with E-state index in [0.717, 1.165) is 0 Å². The van der Waals surface area contributed by atoms with Gasteiger partial charge in [-0.1, -0.05) is 29.8 Å². The van der Waals surface area contributed by atoms with Crippen LogP contribution in [0, 0.1) is 0 Å². The molecule has 0 aromatic heterocycles. The van der Waals surface area contributed by atoms with Crippen molar-refractivity contribution in [2.45, 2.75) is 6.92 Å². The number of carbonyl (C=O) groups excluding carboxylic acids is 1. The van der Waals surface area contributed by atoms with E-state index in [1.54, 1.807) is 30.3 Å². The third kappa shape index (κ3) is 3.56. The molecule has 0 radical (unpaired) electrons. The summed E-state index contributed by atoms with van der Waals surface area (Å²) in [5, 5.41) is 4.12. The lowest BCUT2D eigenvalue weighted by atomic mass is 10.2. The lowest BCUT2D eigenvalue weighted by Crippen LogP contribution is -2.17. The normalized spacial score (nSPS) is 11.1. The molecule has 4 heteroatoms. The summed E-state index contributed by atoms with van der Waals surface area (Å²) in [6.07, 6.45) is 5.02. The SMILES string of the molecule is C/C=C/C=N/NC(=O)c1ccccc1Cl. The predicted octanol–water partition coefficient (Wildman–Crippen LogP) is 2.63. The van der Waals surface area contributed by atoms with Crippen LogP contribution in [-0.4, -0.2) is 12.1 Å². The molecule has 0 saturated carbocycles. The smallest absolute Gasteiger partial charge is 0.267 e. The fourth-order valence-corrected chi connectivity index (χ4v) is 1.15. The molecule has 0 aliphatic carbocycles. The van der Waals surface area contributed by atoms with Gasteiger partial charge in [-0.15, -0.1) is 0 Å². The number of hydrogen-bond acceptors (Lipinski definition) is 2. The van der Waals surface area contributed by atoms with Crippen LogP contribution in [0.15, 0.2) is 41.5 Å². The molecule has 1 aromatic carbocycles. The Bertz CT molecular complexity index is 399. The number of carbonyl (C=O) groups is 1. The average Bonchev–Trinajstić information content (AvgIpc) is 2.25. The van der Waals surface area contributed by atoms with E-state index in [4.69, 9.17) is 11.6 Å². The fourth-order valence-electron chi connectivity index (χ4n) is 0.931. The molecule has 0 aliphatic rings. The maximum absolute atomic E-state index is 11.5. The zero-order valence-corrected chi connectivity index (χ0v) is 9.03. The first kappa shape index (κ1) is 11.5. The molecule has 0 aliphatic heterocycles. The maximum atomic E-state index is 11.5. The summed E-state index contributed by atoms with van der Waals surface area (Å²) in [7, 11) is 0. The number of nitrogens with one attached hydrogen (secondary N) is 1. The van der Waals surface area contributed by atoms with Crippen molar-refractivity contribution in [3.05, 3.63) is 47.0 Å². The van der Waals surface area contributed by atoms with Gasteiger partial charge in [0, 0.05) is 6.21 Å². The summed E-state index contributed by atoms with van der Waals surface area (Å²) in [6, 6.07) is 6.81. The average molecular weight is 223 g/mol. The molecule has 0 saturated heterocycles. The van der Waals surface area contributed by atoms with E-state index in [1.165, 1.54) is 6.21 Å². The van der Waals surface area contributed by atoms with Gasteiger partial charge in [0.15, 0.2) is 0 Å². The maximum Gasteiger partial charge on any atom is 0.272 e. The molecule has 1 rings (SSSR count). The van der Waals surface area contributed by atoms with E-state index < -0.39 is 0 Å². The molecule has 0 unspecified atom stereocenters. The molecular weight excluding hydrogens is 212 g/mol. The Morgan fingerprint density at radius 3 is 2.87 bits per heavy atom. The first-order chi connectivity index (χ1) is 7.25. The van der Waals surface area contributed by atoms with Crippen LogP contribution in [0.3, 0.4) is 0 Å². The molecule has 1 amide bonds. The highest BCUT2D eigenvalue weighted by atomic mass is 35.5. The van der Waals surface area contributed by atoms with Gasteiger partial charge in [-0.3, -0.25) is 4.79 Å². The molecular formula is C11H11ClN2O. The second-order valence-electron chi connectivity index (χ2n) is 2.72. The van der Waals surface area contributed by atoms with Crippen molar-refractivity contribution >= 4 is 23.7 Å². The highest BCUT2D eigenvalue weighted by Crippen LogP contribution is 2.14. The van der Waals surface area contributed by atoms with Crippen LogP contribution in [-0.2, 0) is 0 Å². The number of amides is 1. The monoisotopic (exact) mass is 222 g/mol. The van der Waals surface area contributed by atoms with Crippen molar-refractivity contribution in [2.75, 3.05) is 0 Å². The summed E-state index contributed by atoms with van der Waals surface area (Å²) in [5.74, 6) is -0.318. The van der Waals surface area contributed by atoms with Gasteiger partial charge in [0.25, 0.3) is 5.91 Å². The van der Waals surface area contributed by atoms with Gasteiger partial charge in [0.2, 0.25) is 0 Å². The zero-order valence-electron chi connectivity index (χ0n) is 8.27. The van der Waals surface area contributed by atoms with Crippen LogP contribution < -0.4 is 5.43 Å². The lowest BCUT2D eigenvalue weighted by molar-refractivity contribution is 0.0955. The van der Waals surface area contributed by atoms with Gasteiger partial charge >= 0.3 is 0 Å². The van der Waals surface area contributed by atoms with Crippen LogP contribution in [0.4, 0.5) is 0 Å². The molecule has 0 atom stereocenters. The Labute approximate surface area is 93.4 Å². The number of nitrogens with zero attached hydrogens (tertiary/aromatic N) is 1. The van der Waals surface area contributed by atoms with Crippen molar-refractivity contribution in [3.8, 4) is 0 Å². The van der Waals surface area contributed by atoms with E-state index in [0.29, 0.717) is 10.6 Å². The zero-order chi connectivity index (χ0) is 11.1. The van der Waals surface area contributed by atoms with Crippen molar-refractivity contribution in [1.29, 1.82) is 0 Å². The highest BCUT2D eigenvalue weighted by molar-refractivity contribution is 6.33. The minimum atomic E-state index is -0.318. The van der Waals surface area contributed by atoms with Gasteiger partial charge in [-0.2, -0.15) is 5.10 Å². The van der Waals surface area contributed by atoms with Gasteiger partial charge in [-0.05, 0) is 25.1 Å². The highest BCUT2D eigenvalue weighted by Gasteiger charge is 2.07. The molecule has 0 bridgehead atoms. The standard InChI is InChI=1S/C11H11ClN2O/c1-2-3-8-13-14-11(15)9-6-4-5-7-10(9)12/h2-8H,1H3,(H,14,15)/b3-2+,13-8+. The molecule has 3 nitrogen and oxygen atoms in total. The summed E-state index contributed by atoms with van der Waals surface area (Å²) in [4.78, 5) is 11.5. The largest absolute Gasteiger partial charge is 0.272 e.